The van der Waals surface area contributed by atoms with Gasteiger partial charge in [0.15, 0.2) is 0 Å². The van der Waals surface area contributed by atoms with Crippen LogP contribution in [0.25, 0.3) is 0 Å². The molecule has 0 saturated carbocycles. The van der Waals surface area contributed by atoms with E-state index in [4.69, 9.17) is 11.6 Å². The van der Waals surface area contributed by atoms with E-state index < -0.39 is 0 Å². The third kappa shape index (κ3) is 3.60. The zero-order valence-corrected chi connectivity index (χ0v) is 14.1. The Bertz CT molecular complexity index is 733. The molecule has 5 heteroatoms. The quantitative estimate of drug-likeness (QED) is 0.840. The molecular weight excluding hydrogens is 324 g/mol. The molecule has 2 amide bonds. The molecule has 2 aromatic carbocycles. The van der Waals surface area contributed by atoms with Crippen molar-refractivity contribution in [3.05, 3.63) is 70.7 Å². The molecule has 0 N–H and O–H groups in total. The number of carbonyl (C=O) groups is 2. The lowest BCUT2D eigenvalue weighted by Gasteiger charge is -2.22. The van der Waals surface area contributed by atoms with E-state index in [1.807, 2.05) is 47.4 Å². The summed E-state index contributed by atoms with van der Waals surface area (Å²) in [7, 11) is 0. The summed E-state index contributed by atoms with van der Waals surface area (Å²) in [5.41, 5.74) is 1.20. The molecule has 0 aromatic heterocycles. The highest BCUT2D eigenvalue weighted by molar-refractivity contribution is 6.33. The Balaban J connectivity index is 1.68. The number of rotatable bonds is 2. The first-order valence-corrected chi connectivity index (χ1v) is 8.43. The zero-order valence-electron chi connectivity index (χ0n) is 13.3. The van der Waals surface area contributed by atoms with Gasteiger partial charge in [-0.1, -0.05) is 41.9 Å². The van der Waals surface area contributed by atoms with Crippen molar-refractivity contribution in [2.45, 2.75) is 6.42 Å². The SMILES string of the molecule is O=C(c1ccccc1)N1CCCN(C(=O)c2ccccc2Cl)CC1. The number of hydrogen-bond acceptors (Lipinski definition) is 2. The summed E-state index contributed by atoms with van der Waals surface area (Å²) in [6.07, 6.45) is 0.759. The Morgan fingerprint density at radius 3 is 2.00 bits per heavy atom. The lowest BCUT2D eigenvalue weighted by Crippen LogP contribution is -2.37. The number of amides is 2. The normalized spacial score (nSPS) is 15.0. The summed E-state index contributed by atoms with van der Waals surface area (Å²) in [6.45, 7) is 2.33. The largest absolute Gasteiger partial charge is 0.337 e. The van der Waals surface area contributed by atoms with Gasteiger partial charge in [-0.05, 0) is 30.7 Å². The average molecular weight is 343 g/mol. The number of carbonyl (C=O) groups excluding carboxylic acids is 2. The average Bonchev–Trinajstić information content (AvgIpc) is 2.88. The Morgan fingerprint density at radius 1 is 0.750 bits per heavy atom. The Labute approximate surface area is 146 Å². The first kappa shape index (κ1) is 16.5. The topological polar surface area (TPSA) is 40.6 Å². The van der Waals surface area contributed by atoms with E-state index in [0.717, 1.165) is 6.42 Å². The molecule has 0 atom stereocenters. The maximum absolute atomic E-state index is 12.7. The van der Waals surface area contributed by atoms with Crippen LogP contribution in [0.5, 0.6) is 0 Å². The third-order valence-corrected chi connectivity index (χ3v) is 4.52. The van der Waals surface area contributed by atoms with E-state index in [1.165, 1.54) is 0 Å². The van der Waals surface area contributed by atoms with Crippen molar-refractivity contribution in [1.29, 1.82) is 0 Å². The molecule has 0 bridgehead atoms. The lowest BCUT2D eigenvalue weighted by molar-refractivity contribution is 0.0719. The van der Waals surface area contributed by atoms with Crippen LogP contribution in [0, 0.1) is 0 Å². The van der Waals surface area contributed by atoms with Crippen LogP contribution in [0.3, 0.4) is 0 Å². The van der Waals surface area contributed by atoms with Crippen molar-refractivity contribution < 1.29 is 9.59 Å². The summed E-state index contributed by atoms with van der Waals surface area (Å²) in [5.74, 6) is -0.0581. The number of nitrogens with zero attached hydrogens (tertiary/aromatic N) is 2. The minimum atomic E-state index is -0.0744. The van der Waals surface area contributed by atoms with Crippen LogP contribution >= 0.6 is 11.6 Å². The maximum atomic E-state index is 12.7. The van der Waals surface area contributed by atoms with Gasteiger partial charge in [-0.25, -0.2) is 0 Å². The molecule has 24 heavy (non-hydrogen) atoms. The van der Waals surface area contributed by atoms with E-state index >= 15 is 0 Å². The fraction of sp³-hybridized carbons (Fsp3) is 0.263. The molecule has 1 saturated heterocycles. The van der Waals surface area contributed by atoms with Gasteiger partial charge < -0.3 is 9.80 Å². The van der Waals surface area contributed by atoms with Crippen LogP contribution < -0.4 is 0 Å². The van der Waals surface area contributed by atoms with E-state index in [0.29, 0.717) is 42.3 Å². The first-order valence-electron chi connectivity index (χ1n) is 8.05. The van der Waals surface area contributed by atoms with Crippen molar-refractivity contribution in [2.75, 3.05) is 26.2 Å². The van der Waals surface area contributed by atoms with Gasteiger partial charge in [-0.3, -0.25) is 9.59 Å². The van der Waals surface area contributed by atoms with Gasteiger partial charge in [0.2, 0.25) is 0 Å². The number of benzene rings is 2. The fourth-order valence-electron chi connectivity index (χ4n) is 2.89. The van der Waals surface area contributed by atoms with Crippen molar-refractivity contribution in [2.24, 2.45) is 0 Å². The van der Waals surface area contributed by atoms with E-state index in [1.54, 1.807) is 17.0 Å². The molecule has 124 valence electrons. The van der Waals surface area contributed by atoms with Gasteiger partial charge >= 0.3 is 0 Å². The summed E-state index contributed by atoms with van der Waals surface area (Å²) >= 11 is 6.13. The van der Waals surface area contributed by atoms with Gasteiger partial charge in [0.25, 0.3) is 11.8 Å². The molecule has 1 heterocycles. The standard InChI is InChI=1S/C19H19ClN2O2/c20-17-10-5-4-9-16(17)19(24)22-12-6-11-21(13-14-22)18(23)15-7-2-1-3-8-15/h1-5,7-10H,6,11-14H2. The van der Waals surface area contributed by atoms with Gasteiger partial charge in [0.1, 0.15) is 0 Å². The zero-order chi connectivity index (χ0) is 16.9. The predicted molar refractivity (Wildman–Crippen MR) is 94.3 cm³/mol. The lowest BCUT2D eigenvalue weighted by atomic mass is 10.2. The van der Waals surface area contributed by atoms with Crippen molar-refractivity contribution >= 4 is 23.4 Å². The molecule has 2 aromatic rings. The third-order valence-electron chi connectivity index (χ3n) is 4.20. The van der Waals surface area contributed by atoms with Crippen molar-refractivity contribution in [3.8, 4) is 0 Å². The van der Waals surface area contributed by atoms with E-state index in [2.05, 4.69) is 0 Å². The molecule has 4 nitrogen and oxygen atoms in total. The highest BCUT2D eigenvalue weighted by Crippen LogP contribution is 2.18. The summed E-state index contributed by atoms with van der Waals surface area (Å²) in [5, 5.41) is 0.462. The van der Waals surface area contributed by atoms with Gasteiger partial charge in [0.05, 0.1) is 10.6 Å². The van der Waals surface area contributed by atoms with Crippen LogP contribution in [0.4, 0.5) is 0 Å². The summed E-state index contributed by atoms with van der Waals surface area (Å²) in [4.78, 5) is 28.8. The molecule has 0 unspecified atom stereocenters. The maximum Gasteiger partial charge on any atom is 0.255 e. The fourth-order valence-corrected chi connectivity index (χ4v) is 3.11. The van der Waals surface area contributed by atoms with Crippen molar-refractivity contribution in [1.82, 2.24) is 9.80 Å². The van der Waals surface area contributed by atoms with Crippen LogP contribution in [0.2, 0.25) is 5.02 Å². The second-order valence-electron chi connectivity index (χ2n) is 5.78. The van der Waals surface area contributed by atoms with Gasteiger partial charge in [0, 0.05) is 31.7 Å². The van der Waals surface area contributed by atoms with E-state index in [-0.39, 0.29) is 11.8 Å². The molecule has 3 rings (SSSR count). The Kier molecular flexibility index (Phi) is 5.16. The Morgan fingerprint density at radius 2 is 1.33 bits per heavy atom. The highest BCUT2D eigenvalue weighted by Gasteiger charge is 2.24. The molecular formula is C19H19ClN2O2. The molecule has 1 fully saturated rings. The van der Waals surface area contributed by atoms with Crippen LogP contribution in [-0.4, -0.2) is 47.8 Å². The minimum absolute atomic E-state index is 0.0163. The van der Waals surface area contributed by atoms with Crippen molar-refractivity contribution in [3.63, 3.8) is 0 Å². The van der Waals surface area contributed by atoms with Gasteiger partial charge in [-0.2, -0.15) is 0 Å². The summed E-state index contributed by atoms with van der Waals surface area (Å²) < 4.78 is 0. The summed E-state index contributed by atoms with van der Waals surface area (Å²) in [6, 6.07) is 16.3. The molecule has 0 radical (unpaired) electrons. The molecule has 0 spiro atoms. The molecule has 1 aliphatic heterocycles. The monoisotopic (exact) mass is 342 g/mol. The highest BCUT2D eigenvalue weighted by atomic mass is 35.5. The molecule has 0 aliphatic carbocycles. The number of halogens is 1. The smallest absolute Gasteiger partial charge is 0.255 e. The predicted octanol–water partition coefficient (Wildman–Crippen LogP) is 3.33. The molecule has 1 aliphatic rings. The van der Waals surface area contributed by atoms with Gasteiger partial charge in [-0.15, -0.1) is 0 Å². The second-order valence-corrected chi connectivity index (χ2v) is 6.19. The first-order chi connectivity index (χ1) is 11.7. The minimum Gasteiger partial charge on any atom is -0.337 e. The van der Waals surface area contributed by atoms with E-state index in [9.17, 15) is 9.59 Å². The van der Waals surface area contributed by atoms with Crippen LogP contribution in [-0.2, 0) is 0 Å². The van der Waals surface area contributed by atoms with Crippen LogP contribution in [0.15, 0.2) is 54.6 Å². The second kappa shape index (κ2) is 7.49. The number of hydrogen-bond donors (Lipinski definition) is 0. The van der Waals surface area contributed by atoms with Crippen LogP contribution in [0.1, 0.15) is 27.1 Å². The Hall–Kier alpha value is -2.33.